The van der Waals surface area contributed by atoms with Gasteiger partial charge in [0.1, 0.15) is 0 Å². The molecule has 0 bridgehead atoms. The van der Waals surface area contributed by atoms with E-state index in [1.165, 1.54) is 10.9 Å². The average molecular weight is 305 g/mol. The maximum absolute atomic E-state index is 6.28. The van der Waals surface area contributed by atoms with Crippen LogP contribution in [0.2, 0.25) is 5.02 Å². The van der Waals surface area contributed by atoms with Crippen LogP contribution in [-0.2, 0) is 12.0 Å². The highest BCUT2D eigenvalue weighted by Gasteiger charge is 2.19. The Morgan fingerprint density at radius 2 is 1.95 bits per heavy atom. The van der Waals surface area contributed by atoms with Gasteiger partial charge in [0, 0.05) is 28.1 Å². The summed E-state index contributed by atoms with van der Waals surface area (Å²) in [5.41, 5.74) is 4.55. The smallest absolute Gasteiger partial charge is 0.0752 e. The van der Waals surface area contributed by atoms with E-state index in [9.17, 15) is 0 Å². The Balaban J connectivity index is 2.61. The van der Waals surface area contributed by atoms with Crippen LogP contribution in [-0.4, -0.2) is 11.5 Å². The number of hydrogen-bond acceptors (Lipinski definition) is 2. The standard InChI is InChI=1S/C18H25ClN2/c1-6-9-20-11-13-10-16(18(3,4)5)21-17-12(2)15(19)8-7-14(13)17/h7-8,10,20H,6,9,11H2,1-5H3. The normalized spacial score (nSPS) is 12.1. The molecule has 0 aliphatic rings. The first-order valence-corrected chi connectivity index (χ1v) is 8.02. The molecule has 0 aliphatic heterocycles. The molecule has 0 radical (unpaired) electrons. The molecule has 2 rings (SSSR count). The summed E-state index contributed by atoms with van der Waals surface area (Å²) < 4.78 is 0. The highest BCUT2D eigenvalue weighted by Crippen LogP contribution is 2.30. The van der Waals surface area contributed by atoms with E-state index in [2.05, 4.69) is 45.1 Å². The molecule has 2 nitrogen and oxygen atoms in total. The maximum atomic E-state index is 6.28. The molecule has 0 atom stereocenters. The lowest BCUT2D eigenvalue weighted by Gasteiger charge is -2.21. The fourth-order valence-electron chi connectivity index (χ4n) is 2.40. The minimum Gasteiger partial charge on any atom is -0.313 e. The van der Waals surface area contributed by atoms with Crippen molar-refractivity contribution in [3.63, 3.8) is 0 Å². The van der Waals surface area contributed by atoms with Crippen molar-refractivity contribution < 1.29 is 0 Å². The molecule has 0 fully saturated rings. The van der Waals surface area contributed by atoms with Gasteiger partial charge < -0.3 is 5.32 Å². The van der Waals surface area contributed by atoms with Crippen molar-refractivity contribution >= 4 is 22.5 Å². The van der Waals surface area contributed by atoms with E-state index in [0.29, 0.717) is 0 Å². The van der Waals surface area contributed by atoms with Gasteiger partial charge in [0.15, 0.2) is 0 Å². The zero-order valence-electron chi connectivity index (χ0n) is 13.7. The molecule has 0 unspecified atom stereocenters. The van der Waals surface area contributed by atoms with Crippen LogP contribution in [0.1, 0.15) is 50.9 Å². The molecule has 0 amide bonds. The van der Waals surface area contributed by atoms with E-state index in [4.69, 9.17) is 16.6 Å². The predicted octanol–water partition coefficient (Wildman–Crippen LogP) is 4.99. The molecule has 2 aromatic rings. The number of benzene rings is 1. The Hall–Kier alpha value is -1.12. The largest absolute Gasteiger partial charge is 0.313 e. The van der Waals surface area contributed by atoms with Gasteiger partial charge in [-0.3, -0.25) is 4.98 Å². The lowest BCUT2D eigenvalue weighted by atomic mass is 9.89. The minimum absolute atomic E-state index is 0.0302. The van der Waals surface area contributed by atoms with Gasteiger partial charge in [-0.05, 0) is 43.1 Å². The monoisotopic (exact) mass is 304 g/mol. The molecule has 0 aliphatic carbocycles. The van der Waals surface area contributed by atoms with Crippen LogP contribution in [0.15, 0.2) is 18.2 Å². The summed E-state index contributed by atoms with van der Waals surface area (Å²) >= 11 is 6.28. The number of nitrogens with one attached hydrogen (secondary N) is 1. The van der Waals surface area contributed by atoms with Gasteiger partial charge in [-0.2, -0.15) is 0 Å². The number of pyridine rings is 1. The highest BCUT2D eigenvalue weighted by atomic mass is 35.5. The van der Waals surface area contributed by atoms with E-state index in [0.717, 1.165) is 41.3 Å². The summed E-state index contributed by atoms with van der Waals surface area (Å²) in [5, 5.41) is 5.48. The summed E-state index contributed by atoms with van der Waals surface area (Å²) in [5.74, 6) is 0. The number of aromatic nitrogens is 1. The number of fused-ring (bicyclic) bond motifs is 1. The van der Waals surface area contributed by atoms with Crippen molar-refractivity contribution in [3.8, 4) is 0 Å². The Morgan fingerprint density at radius 3 is 2.57 bits per heavy atom. The summed E-state index contributed by atoms with van der Waals surface area (Å²) in [6.45, 7) is 12.7. The molecule has 0 saturated heterocycles. The molecular formula is C18H25ClN2. The SMILES string of the molecule is CCCNCc1cc(C(C)(C)C)nc2c(C)c(Cl)ccc12. The minimum atomic E-state index is 0.0302. The second-order valence-corrected chi connectivity index (χ2v) is 7.07. The summed E-state index contributed by atoms with van der Waals surface area (Å²) in [6.07, 6.45) is 1.14. The molecule has 0 saturated carbocycles. The summed E-state index contributed by atoms with van der Waals surface area (Å²) in [6, 6.07) is 6.30. The van der Waals surface area contributed by atoms with E-state index in [-0.39, 0.29) is 5.41 Å². The fraction of sp³-hybridized carbons (Fsp3) is 0.500. The number of halogens is 1. The van der Waals surface area contributed by atoms with Crippen molar-refractivity contribution in [3.05, 3.63) is 40.0 Å². The Kier molecular flexibility index (Phi) is 4.90. The zero-order chi connectivity index (χ0) is 15.6. The first-order valence-electron chi connectivity index (χ1n) is 7.64. The van der Waals surface area contributed by atoms with E-state index < -0.39 is 0 Å². The summed E-state index contributed by atoms with van der Waals surface area (Å²) in [4.78, 5) is 4.88. The van der Waals surface area contributed by atoms with E-state index in [1.54, 1.807) is 0 Å². The first kappa shape index (κ1) is 16.3. The molecule has 1 heterocycles. The number of rotatable bonds is 4. The quantitative estimate of drug-likeness (QED) is 0.805. The van der Waals surface area contributed by atoms with Crippen LogP contribution in [0.5, 0.6) is 0 Å². The van der Waals surface area contributed by atoms with Crippen LogP contribution in [0.25, 0.3) is 10.9 Å². The molecule has 1 N–H and O–H groups in total. The van der Waals surface area contributed by atoms with E-state index in [1.807, 2.05) is 13.0 Å². The van der Waals surface area contributed by atoms with Crippen molar-refractivity contribution in [1.29, 1.82) is 0 Å². The number of hydrogen-bond donors (Lipinski definition) is 1. The van der Waals surface area contributed by atoms with Gasteiger partial charge >= 0.3 is 0 Å². The van der Waals surface area contributed by atoms with Crippen LogP contribution in [0.4, 0.5) is 0 Å². The van der Waals surface area contributed by atoms with Gasteiger partial charge in [-0.15, -0.1) is 0 Å². The summed E-state index contributed by atoms with van der Waals surface area (Å²) in [7, 11) is 0. The lowest BCUT2D eigenvalue weighted by molar-refractivity contribution is 0.569. The lowest BCUT2D eigenvalue weighted by Crippen LogP contribution is -2.18. The third-order valence-corrected chi connectivity index (χ3v) is 4.17. The number of nitrogens with zero attached hydrogens (tertiary/aromatic N) is 1. The third-order valence-electron chi connectivity index (χ3n) is 3.76. The predicted molar refractivity (Wildman–Crippen MR) is 92.2 cm³/mol. The highest BCUT2D eigenvalue weighted by molar-refractivity contribution is 6.32. The number of aryl methyl sites for hydroxylation is 1. The zero-order valence-corrected chi connectivity index (χ0v) is 14.4. The molecule has 1 aromatic carbocycles. The topological polar surface area (TPSA) is 24.9 Å². The Morgan fingerprint density at radius 1 is 1.24 bits per heavy atom. The van der Waals surface area contributed by atoms with E-state index >= 15 is 0 Å². The van der Waals surface area contributed by atoms with Crippen molar-refractivity contribution in [2.24, 2.45) is 0 Å². The second kappa shape index (κ2) is 6.33. The van der Waals surface area contributed by atoms with Crippen LogP contribution >= 0.6 is 11.6 Å². The molecule has 0 spiro atoms. The molecule has 21 heavy (non-hydrogen) atoms. The van der Waals surface area contributed by atoms with Crippen LogP contribution in [0.3, 0.4) is 0 Å². The fourth-order valence-corrected chi connectivity index (χ4v) is 2.56. The maximum Gasteiger partial charge on any atom is 0.0752 e. The van der Waals surface area contributed by atoms with Crippen LogP contribution in [0, 0.1) is 6.92 Å². The van der Waals surface area contributed by atoms with Gasteiger partial charge in [0.05, 0.1) is 5.52 Å². The van der Waals surface area contributed by atoms with Gasteiger partial charge in [-0.25, -0.2) is 0 Å². The first-order chi connectivity index (χ1) is 9.84. The van der Waals surface area contributed by atoms with Gasteiger partial charge in [0.2, 0.25) is 0 Å². The molecule has 114 valence electrons. The van der Waals surface area contributed by atoms with Crippen LogP contribution < -0.4 is 5.32 Å². The second-order valence-electron chi connectivity index (χ2n) is 6.66. The Bertz CT molecular complexity index is 642. The van der Waals surface area contributed by atoms with Crippen molar-refractivity contribution in [2.45, 2.75) is 53.0 Å². The van der Waals surface area contributed by atoms with Crippen molar-refractivity contribution in [2.75, 3.05) is 6.54 Å². The molecule has 3 heteroatoms. The Labute approximate surface area is 132 Å². The third kappa shape index (κ3) is 3.56. The van der Waals surface area contributed by atoms with Gasteiger partial charge in [0.25, 0.3) is 0 Å². The van der Waals surface area contributed by atoms with Gasteiger partial charge in [-0.1, -0.05) is 45.4 Å². The molecular weight excluding hydrogens is 280 g/mol. The van der Waals surface area contributed by atoms with Crippen molar-refractivity contribution in [1.82, 2.24) is 10.3 Å². The average Bonchev–Trinajstić information content (AvgIpc) is 2.42. The molecule has 1 aromatic heterocycles.